The summed E-state index contributed by atoms with van der Waals surface area (Å²) in [4.78, 5) is 15.7. The Morgan fingerprint density at radius 1 is 1.35 bits per heavy atom. The summed E-state index contributed by atoms with van der Waals surface area (Å²) in [6, 6.07) is 3.93. The van der Waals surface area contributed by atoms with Crippen molar-refractivity contribution >= 4 is 17.2 Å². The molecule has 1 saturated heterocycles. The van der Waals surface area contributed by atoms with Crippen LogP contribution in [0.1, 0.15) is 30.6 Å². The van der Waals surface area contributed by atoms with E-state index < -0.39 is 6.10 Å². The Balaban J connectivity index is 1.59. The van der Waals surface area contributed by atoms with Crippen molar-refractivity contribution in [3.63, 3.8) is 0 Å². The lowest BCUT2D eigenvalue weighted by molar-refractivity contribution is -0.122. The molecule has 0 unspecified atom stereocenters. The zero-order valence-electron chi connectivity index (χ0n) is 13.4. The molecule has 0 radical (unpaired) electrons. The van der Waals surface area contributed by atoms with Gasteiger partial charge >= 0.3 is 0 Å². The molecule has 1 aliphatic carbocycles. The highest BCUT2D eigenvalue weighted by molar-refractivity contribution is 7.10. The number of amides is 1. The third-order valence-corrected chi connectivity index (χ3v) is 5.72. The first-order valence-electron chi connectivity index (χ1n) is 8.55. The highest BCUT2D eigenvalue weighted by Crippen LogP contribution is 2.24. The average Bonchev–Trinajstić information content (AvgIpc) is 3.00. The van der Waals surface area contributed by atoms with Gasteiger partial charge in [0, 0.05) is 24.0 Å². The van der Waals surface area contributed by atoms with Gasteiger partial charge in [0.2, 0.25) is 5.91 Å². The van der Waals surface area contributed by atoms with Gasteiger partial charge in [0.15, 0.2) is 0 Å². The average molecular weight is 338 g/mol. The van der Waals surface area contributed by atoms with E-state index in [0.29, 0.717) is 6.42 Å². The number of hydrogen-bond acceptors (Lipinski definition) is 5. The second kappa shape index (κ2) is 8.24. The predicted molar refractivity (Wildman–Crippen MR) is 90.6 cm³/mol. The van der Waals surface area contributed by atoms with Crippen LogP contribution in [-0.4, -0.2) is 60.4 Å². The summed E-state index contributed by atoms with van der Waals surface area (Å²) >= 11 is 1.60. The summed E-state index contributed by atoms with van der Waals surface area (Å²) in [5.41, 5.74) is 0. The molecule has 1 aliphatic heterocycles. The van der Waals surface area contributed by atoms with Gasteiger partial charge in [0.1, 0.15) is 0 Å². The SMILES string of the molecule is O=C(Cc1cccs1)N[C@@H]1CCCC[C@@H](N2CCOCC2)[C@@H]1O. The number of thiophene rings is 1. The molecule has 0 spiro atoms. The number of ether oxygens (including phenoxy) is 1. The molecule has 3 atom stereocenters. The molecule has 6 heteroatoms. The number of rotatable bonds is 4. The van der Waals surface area contributed by atoms with Crippen LogP contribution in [-0.2, 0) is 16.0 Å². The molecule has 2 aliphatic rings. The Morgan fingerprint density at radius 3 is 2.87 bits per heavy atom. The number of aliphatic hydroxyl groups is 1. The van der Waals surface area contributed by atoms with E-state index in [1.165, 1.54) is 0 Å². The van der Waals surface area contributed by atoms with Crippen LogP contribution in [0, 0.1) is 0 Å². The normalized spacial score (nSPS) is 29.9. The zero-order valence-corrected chi connectivity index (χ0v) is 14.3. The van der Waals surface area contributed by atoms with Crippen LogP contribution in [0.25, 0.3) is 0 Å². The van der Waals surface area contributed by atoms with Crippen molar-refractivity contribution in [2.75, 3.05) is 26.3 Å². The summed E-state index contributed by atoms with van der Waals surface area (Å²) in [6.45, 7) is 3.21. The number of nitrogens with zero attached hydrogens (tertiary/aromatic N) is 1. The highest BCUT2D eigenvalue weighted by Gasteiger charge is 2.35. The van der Waals surface area contributed by atoms with Crippen molar-refractivity contribution in [3.8, 4) is 0 Å². The van der Waals surface area contributed by atoms with Crippen molar-refractivity contribution in [1.82, 2.24) is 10.2 Å². The fourth-order valence-corrected chi connectivity index (χ4v) is 4.33. The molecule has 128 valence electrons. The minimum absolute atomic E-state index is 0.0131. The number of hydrogen-bond donors (Lipinski definition) is 2. The molecule has 1 amide bonds. The molecule has 0 bridgehead atoms. The van der Waals surface area contributed by atoms with Gasteiger partial charge in [0.05, 0.1) is 31.8 Å². The molecule has 0 aromatic carbocycles. The lowest BCUT2D eigenvalue weighted by Crippen LogP contribution is -2.55. The number of morpholine rings is 1. The van der Waals surface area contributed by atoms with Crippen molar-refractivity contribution in [2.45, 2.75) is 50.3 Å². The lowest BCUT2D eigenvalue weighted by Gasteiger charge is -2.38. The number of carbonyl (C=O) groups is 1. The van der Waals surface area contributed by atoms with Gasteiger partial charge in [-0.2, -0.15) is 0 Å². The molecular formula is C17H26N2O3S. The Bertz CT molecular complexity index is 488. The van der Waals surface area contributed by atoms with E-state index in [1.807, 2.05) is 17.5 Å². The minimum Gasteiger partial charge on any atom is -0.389 e. The van der Waals surface area contributed by atoms with E-state index in [4.69, 9.17) is 4.74 Å². The summed E-state index contributed by atoms with van der Waals surface area (Å²) in [5, 5.41) is 15.9. The molecule has 1 aromatic rings. The van der Waals surface area contributed by atoms with E-state index in [9.17, 15) is 9.90 Å². The lowest BCUT2D eigenvalue weighted by atomic mass is 9.99. The fraction of sp³-hybridized carbons (Fsp3) is 0.706. The molecule has 2 heterocycles. The first-order chi connectivity index (χ1) is 11.2. The third kappa shape index (κ3) is 4.53. The fourth-order valence-electron chi connectivity index (χ4n) is 3.62. The van der Waals surface area contributed by atoms with Gasteiger partial charge in [-0.3, -0.25) is 9.69 Å². The Kier molecular flexibility index (Phi) is 6.05. The van der Waals surface area contributed by atoms with Crippen LogP contribution in [0.3, 0.4) is 0 Å². The molecule has 3 rings (SSSR count). The maximum Gasteiger partial charge on any atom is 0.225 e. The summed E-state index contributed by atoms with van der Waals surface area (Å²) in [6.07, 6.45) is 3.93. The van der Waals surface area contributed by atoms with E-state index in [0.717, 1.165) is 56.9 Å². The molecule has 1 saturated carbocycles. The molecule has 2 N–H and O–H groups in total. The van der Waals surface area contributed by atoms with Crippen LogP contribution in [0.5, 0.6) is 0 Å². The third-order valence-electron chi connectivity index (χ3n) is 4.85. The van der Waals surface area contributed by atoms with E-state index in [2.05, 4.69) is 10.2 Å². The number of nitrogens with one attached hydrogen (secondary N) is 1. The topological polar surface area (TPSA) is 61.8 Å². The molecular weight excluding hydrogens is 312 g/mol. The van der Waals surface area contributed by atoms with Crippen molar-refractivity contribution < 1.29 is 14.6 Å². The summed E-state index contributed by atoms with van der Waals surface area (Å²) < 4.78 is 5.42. The zero-order chi connectivity index (χ0) is 16.1. The Morgan fingerprint density at radius 2 is 2.13 bits per heavy atom. The number of aliphatic hydroxyl groups excluding tert-OH is 1. The van der Waals surface area contributed by atoms with Gasteiger partial charge in [-0.25, -0.2) is 0 Å². The van der Waals surface area contributed by atoms with Crippen LogP contribution >= 0.6 is 11.3 Å². The van der Waals surface area contributed by atoms with Crippen molar-refractivity contribution in [3.05, 3.63) is 22.4 Å². The second-order valence-electron chi connectivity index (χ2n) is 6.42. The largest absolute Gasteiger partial charge is 0.389 e. The van der Waals surface area contributed by atoms with Crippen LogP contribution < -0.4 is 5.32 Å². The van der Waals surface area contributed by atoms with Gasteiger partial charge in [-0.1, -0.05) is 18.9 Å². The molecule has 23 heavy (non-hydrogen) atoms. The summed E-state index contributed by atoms with van der Waals surface area (Å²) in [7, 11) is 0. The van der Waals surface area contributed by atoms with Gasteiger partial charge in [0.25, 0.3) is 0 Å². The predicted octanol–water partition coefficient (Wildman–Crippen LogP) is 1.41. The first-order valence-corrected chi connectivity index (χ1v) is 9.43. The van der Waals surface area contributed by atoms with Crippen LogP contribution in [0.4, 0.5) is 0 Å². The van der Waals surface area contributed by atoms with Crippen molar-refractivity contribution in [2.24, 2.45) is 0 Å². The van der Waals surface area contributed by atoms with Crippen LogP contribution in [0.2, 0.25) is 0 Å². The second-order valence-corrected chi connectivity index (χ2v) is 7.45. The van der Waals surface area contributed by atoms with Gasteiger partial charge < -0.3 is 15.2 Å². The molecule has 1 aromatic heterocycles. The van der Waals surface area contributed by atoms with Crippen LogP contribution in [0.15, 0.2) is 17.5 Å². The standard InChI is InChI=1S/C17H26N2O3S/c20-16(12-13-4-3-11-23-13)18-14-5-1-2-6-15(17(14)21)19-7-9-22-10-8-19/h3-4,11,14-15,17,21H,1-2,5-10,12H2,(H,18,20)/t14-,15-,17-/m1/s1. The summed E-state index contributed by atoms with van der Waals surface area (Å²) in [5.74, 6) is 0.0131. The van der Waals surface area contributed by atoms with Gasteiger partial charge in [-0.05, 0) is 24.3 Å². The number of carbonyl (C=O) groups excluding carboxylic acids is 1. The first kappa shape index (κ1) is 16.9. The quantitative estimate of drug-likeness (QED) is 0.815. The minimum atomic E-state index is -0.497. The monoisotopic (exact) mass is 338 g/mol. The van der Waals surface area contributed by atoms with Crippen molar-refractivity contribution in [1.29, 1.82) is 0 Å². The molecule has 2 fully saturated rings. The molecule has 5 nitrogen and oxygen atoms in total. The maximum atomic E-state index is 12.3. The Hall–Kier alpha value is -0.950. The van der Waals surface area contributed by atoms with E-state index in [1.54, 1.807) is 11.3 Å². The van der Waals surface area contributed by atoms with Gasteiger partial charge in [-0.15, -0.1) is 11.3 Å². The smallest absolute Gasteiger partial charge is 0.225 e. The van der Waals surface area contributed by atoms with E-state index >= 15 is 0 Å². The Labute approximate surface area is 141 Å². The highest BCUT2D eigenvalue weighted by atomic mass is 32.1. The maximum absolute atomic E-state index is 12.3. The van der Waals surface area contributed by atoms with E-state index in [-0.39, 0.29) is 18.0 Å².